The van der Waals surface area contributed by atoms with Crippen LogP contribution in [0.15, 0.2) is 30.7 Å². The minimum absolute atomic E-state index is 0.701. The van der Waals surface area contributed by atoms with Gasteiger partial charge in [-0.1, -0.05) is 6.07 Å². The SMILES string of the molecule is Cc1ccc(CNC[C@H]2CCc3nccn3C2)nc1. The van der Waals surface area contributed by atoms with Crippen molar-refractivity contribution >= 4 is 0 Å². The van der Waals surface area contributed by atoms with Gasteiger partial charge in [-0.2, -0.15) is 0 Å². The molecule has 0 aromatic carbocycles. The minimum atomic E-state index is 0.701. The first-order valence-corrected chi connectivity index (χ1v) is 6.93. The van der Waals surface area contributed by atoms with Gasteiger partial charge in [0.2, 0.25) is 0 Å². The van der Waals surface area contributed by atoms with Crippen LogP contribution in [0.4, 0.5) is 0 Å². The first-order chi connectivity index (χ1) is 9.31. The highest BCUT2D eigenvalue weighted by Crippen LogP contribution is 2.17. The lowest BCUT2D eigenvalue weighted by Gasteiger charge is -2.24. The van der Waals surface area contributed by atoms with Crippen LogP contribution in [0.3, 0.4) is 0 Å². The molecule has 0 saturated heterocycles. The molecule has 2 aromatic rings. The number of imidazole rings is 1. The normalized spacial score (nSPS) is 18.3. The summed E-state index contributed by atoms with van der Waals surface area (Å²) in [5, 5.41) is 3.52. The third-order valence-electron chi connectivity index (χ3n) is 3.74. The van der Waals surface area contributed by atoms with Crippen LogP contribution in [-0.4, -0.2) is 21.1 Å². The lowest BCUT2D eigenvalue weighted by atomic mass is 9.99. The van der Waals surface area contributed by atoms with Crippen molar-refractivity contribution in [2.24, 2.45) is 5.92 Å². The Morgan fingerprint density at radius 3 is 3.16 bits per heavy atom. The quantitative estimate of drug-likeness (QED) is 0.909. The smallest absolute Gasteiger partial charge is 0.108 e. The lowest BCUT2D eigenvalue weighted by Crippen LogP contribution is -2.29. The Morgan fingerprint density at radius 1 is 1.37 bits per heavy atom. The lowest BCUT2D eigenvalue weighted by molar-refractivity contribution is 0.347. The van der Waals surface area contributed by atoms with Gasteiger partial charge in [0.1, 0.15) is 5.82 Å². The number of nitrogens with one attached hydrogen (secondary N) is 1. The van der Waals surface area contributed by atoms with Crippen molar-refractivity contribution in [3.63, 3.8) is 0 Å². The van der Waals surface area contributed by atoms with Crippen LogP contribution in [0.1, 0.15) is 23.5 Å². The Bertz CT molecular complexity index is 529. The van der Waals surface area contributed by atoms with Crippen molar-refractivity contribution in [1.82, 2.24) is 19.9 Å². The molecule has 1 atom stereocenters. The van der Waals surface area contributed by atoms with Crippen LogP contribution in [0.2, 0.25) is 0 Å². The second kappa shape index (κ2) is 5.53. The fourth-order valence-electron chi connectivity index (χ4n) is 2.61. The molecule has 3 rings (SSSR count). The van der Waals surface area contributed by atoms with Gasteiger partial charge < -0.3 is 9.88 Å². The standard InChI is InChI=1S/C15H20N4/c1-12-2-4-14(18-8-12)10-16-9-13-3-5-15-17-6-7-19(15)11-13/h2,4,6-8,13,16H,3,5,9-11H2,1H3/t13-/m1/s1. The van der Waals surface area contributed by atoms with Crippen molar-refractivity contribution in [3.8, 4) is 0 Å². The molecule has 4 heteroatoms. The van der Waals surface area contributed by atoms with Crippen LogP contribution in [0, 0.1) is 12.8 Å². The van der Waals surface area contributed by atoms with E-state index in [1.807, 2.05) is 12.4 Å². The molecule has 0 saturated carbocycles. The highest BCUT2D eigenvalue weighted by Gasteiger charge is 2.18. The van der Waals surface area contributed by atoms with Crippen molar-refractivity contribution in [2.45, 2.75) is 32.9 Å². The molecule has 2 aromatic heterocycles. The molecule has 100 valence electrons. The number of aryl methyl sites for hydroxylation is 2. The van der Waals surface area contributed by atoms with Crippen LogP contribution >= 0.6 is 0 Å². The zero-order valence-corrected chi connectivity index (χ0v) is 11.3. The van der Waals surface area contributed by atoms with Crippen LogP contribution in [0.5, 0.6) is 0 Å². The van der Waals surface area contributed by atoms with E-state index in [9.17, 15) is 0 Å². The fraction of sp³-hybridized carbons (Fsp3) is 0.467. The zero-order valence-electron chi connectivity index (χ0n) is 11.3. The summed E-state index contributed by atoms with van der Waals surface area (Å²) < 4.78 is 2.28. The number of pyridine rings is 1. The Balaban J connectivity index is 1.47. The maximum atomic E-state index is 4.41. The van der Waals surface area contributed by atoms with Crippen molar-refractivity contribution in [1.29, 1.82) is 0 Å². The third kappa shape index (κ3) is 3.01. The predicted octanol–water partition coefficient (Wildman–Crippen LogP) is 1.94. The fourth-order valence-corrected chi connectivity index (χ4v) is 2.61. The zero-order chi connectivity index (χ0) is 13.1. The molecular weight excluding hydrogens is 236 g/mol. The van der Waals surface area contributed by atoms with Gasteiger partial charge in [0.25, 0.3) is 0 Å². The Labute approximate surface area is 113 Å². The molecule has 0 amide bonds. The van der Waals surface area contributed by atoms with Gasteiger partial charge in [0.15, 0.2) is 0 Å². The molecule has 1 N–H and O–H groups in total. The molecular formula is C15H20N4. The molecule has 0 fully saturated rings. The van der Waals surface area contributed by atoms with Crippen molar-refractivity contribution in [3.05, 3.63) is 47.8 Å². The Kier molecular flexibility index (Phi) is 3.60. The Morgan fingerprint density at radius 2 is 2.32 bits per heavy atom. The summed E-state index contributed by atoms with van der Waals surface area (Å²) in [7, 11) is 0. The summed E-state index contributed by atoms with van der Waals surface area (Å²) in [6, 6.07) is 4.21. The molecule has 1 aliphatic rings. The van der Waals surface area contributed by atoms with Gasteiger partial charge in [-0.05, 0) is 30.9 Å². The number of nitrogens with zero attached hydrogens (tertiary/aromatic N) is 3. The van der Waals surface area contributed by atoms with Gasteiger partial charge in [-0.3, -0.25) is 4.98 Å². The van der Waals surface area contributed by atoms with Crippen molar-refractivity contribution < 1.29 is 0 Å². The molecule has 3 heterocycles. The van der Waals surface area contributed by atoms with E-state index >= 15 is 0 Å². The molecule has 0 bridgehead atoms. The van der Waals surface area contributed by atoms with E-state index in [-0.39, 0.29) is 0 Å². The first-order valence-electron chi connectivity index (χ1n) is 6.93. The molecule has 4 nitrogen and oxygen atoms in total. The molecule has 1 aliphatic heterocycles. The topological polar surface area (TPSA) is 42.7 Å². The number of hydrogen-bond donors (Lipinski definition) is 1. The van der Waals surface area contributed by atoms with Crippen molar-refractivity contribution in [2.75, 3.05) is 6.54 Å². The minimum Gasteiger partial charge on any atom is -0.335 e. The third-order valence-corrected chi connectivity index (χ3v) is 3.74. The number of aromatic nitrogens is 3. The summed E-state index contributed by atoms with van der Waals surface area (Å²) in [6.45, 7) is 5.05. The van der Waals surface area contributed by atoms with E-state index in [1.54, 1.807) is 0 Å². The van der Waals surface area contributed by atoms with Gasteiger partial charge in [-0.25, -0.2) is 4.98 Å². The summed E-state index contributed by atoms with van der Waals surface area (Å²) in [5.41, 5.74) is 2.33. The molecule has 0 spiro atoms. The van der Waals surface area contributed by atoms with Crippen LogP contribution < -0.4 is 5.32 Å². The van der Waals surface area contributed by atoms with E-state index in [1.165, 1.54) is 17.8 Å². The van der Waals surface area contributed by atoms with Gasteiger partial charge in [0.05, 0.1) is 5.69 Å². The highest BCUT2D eigenvalue weighted by atomic mass is 15.1. The number of rotatable bonds is 4. The summed E-state index contributed by atoms with van der Waals surface area (Å²) in [6.07, 6.45) is 8.24. The highest BCUT2D eigenvalue weighted by molar-refractivity contribution is 5.11. The monoisotopic (exact) mass is 256 g/mol. The van der Waals surface area contributed by atoms with Crippen LogP contribution in [-0.2, 0) is 19.5 Å². The average molecular weight is 256 g/mol. The maximum absolute atomic E-state index is 4.41. The van der Waals surface area contributed by atoms with Gasteiger partial charge in [-0.15, -0.1) is 0 Å². The first kappa shape index (κ1) is 12.4. The molecule has 0 radical (unpaired) electrons. The van der Waals surface area contributed by atoms with E-state index in [0.717, 1.165) is 31.7 Å². The largest absolute Gasteiger partial charge is 0.335 e. The van der Waals surface area contributed by atoms with E-state index in [0.29, 0.717) is 5.92 Å². The van der Waals surface area contributed by atoms with Crippen LogP contribution in [0.25, 0.3) is 0 Å². The predicted molar refractivity (Wildman–Crippen MR) is 74.7 cm³/mol. The molecule has 0 unspecified atom stereocenters. The van der Waals surface area contributed by atoms with Gasteiger partial charge >= 0.3 is 0 Å². The summed E-state index contributed by atoms with van der Waals surface area (Å²) in [4.78, 5) is 8.77. The number of fused-ring (bicyclic) bond motifs is 1. The van der Waals surface area contributed by atoms with E-state index in [4.69, 9.17) is 0 Å². The summed E-state index contributed by atoms with van der Waals surface area (Å²) >= 11 is 0. The Hall–Kier alpha value is -1.68. The molecule has 19 heavy (non-hydrogen) atoms. The van der Waals surface area contributed by atoms with E-state index < -0.39 is 0 Å². The maximum Gasteiger partial charge on any atom is 0.108 e. The average Bonchev–Trinajstić information content (AvgIpc) is 2.88. The van der Waals surface area contributed by atoms with E-state index in [2.05, 4.69) is 45.1 Å². The molecule has 0 aliphatic carbocycles. The number of hydrogen-bond acceptors (Lipinski definition) is 3. The van der Waals surface area contributed by atoms with Gasteiger partial charge in [0, 0.05) is 44.6 Å². The summed E-state index contributed by atoms with van der Waals surface area (Å²) in [5.74, 6) is 1.93. The second-order valence-electron chi connectivity index (χ2n) is 5.36. The second-order valence-corrected chi connectivity index (χ2v) is 5.36.